The van der Waals surface area contributed by atoms with Crippen LogP contribution in [0.5, 0.6) is 0 Å². The molecule has 0 spiro atoms. The summed E-state index contributed by atoms with van der Waals surface area (Å²) < 4.78 is 5.66. The fourth-order valence-corrected chi connectivity index (χ4v) is 4.26. The van der Waals surface area contributed by atoms with Gasteiger partial charge in [-0.3, -0.25) is 9.59 Å². The van der Waals surface area contributed by atoms with Crippen molar-refractivity contribution in [3.63, 3.8) is 0 Å². The number of morpholine rings is 1. The van der Waals surface area contributed by atoms with Gasteiger partial charge in [0.15, 0.2) is 0 Å². The van der Waals surface area contributed by atoms with Crippen LogP contribution in [0.25, 0.3) is 0 Å². The Labute approximate surface area is 145 Å². The summed E-state index contributed by atoms with van der Waals surface area (Å²) >= 11 is 0. The Morgan fingerprint density at radius 3 is 2.46 bits per heavy atom. The molecule has 0 saturated carbocycles. The quantitative estimate of drug-likeness (QED) is 0.745. The van der Waals surface area contributed by atoms with Gasteiger partial charge in [0, 0.05) is 39.0 Å². The van der Waals surface area contributed by atoms with Crippen LogP contribution in [0.4, 0.5) is 0 Å². The molecule has 3 aliphatic rings. The Morgan fingerprint density at radius 2 is 1.75 bits per heavy atom. The number of allylic oxidation sites excluding steroid dienone is 1. The number of piperidine rings is 1. The van der Waals surface area contributed by atoms with E-state index < -0.39 is 0 Å². The minimum Gasteiger partial charge on any atom is -0.372 e. The highest BCUT2D eigenvalue weighted by atomic mass is 16.5. The maximum atomic E-state index is 12.5. The Hall–Kier alpha value is -1.36. The number of carbonyl (C=O) groups excluding carboxylic acids is 2. The molecule has 1 aliphatic carbocycles. The van der Waals surface area contributed by atoms with Crippen LogP contribution in [0.1, 0.15) is 52.4 Å². The molecule has 2 saturated heterocycles. The predicted octanol–water partition coefficient (Wildman–Crippen LogP) is 2.36. The Balaban J connectivity index is 1.47. The molecule has 5 heteroatoms. The van der Waals surface area contributed by atoms with E-state index in [-0.39, 0.29) is 24.0 Å². The summed E-state index contributed by atoms with van der Waals surface area (Å²) in [5, 5.41) is 0. The number of likely N-dealkylation sites (tertiary alicyclic amines) is 1. The number of carbonyl (C=O) groups is 2. The van der Waals surface area contributed by atoms with E-state index in [4.69, 9.17) is 4.74 Å². The average molecular weight is 334 g/mol. The highest BCUT2D eigenvalue weighted by Gasteiger charge is 2.29. The first-order valence-electron chi connectivity index (χ1n) is 9.43. The van der Waals surface area contributed by atoms with Gasteiger partial charge >= 0.3 is 0 Å². The molecular formula is C19H30N2O3. The lowest BCUT2D eigenvalue weighted by Crippen LogP contribution is -2.48. The average Bonchev–Trinajstić information content (AvgIpc) is 2.58. The molecule has 0 radical (unpaired) electrons. The maximum Gasteiger partial charge on any atom is 0.223 e. The van der Waals surface area contributed by atoms with E-state index in [0.29, 0.717) is 31.8 Å². The van der Waals surface area contributed by atoms with Gasteiger partial charge in [-0.15, -0.1) is 0 Å². The molecule has 0 N–H and O–H groups in total. The van der Waals surface area contributed by atoms with Crippen molar-refractivity contribution in [2.24, 2.45) is 5.92 Å². The SMILES string of the molecule is C[C@@H]1CN(C(=O)CCC(=O)N2CCC3CCCC=C3C2)C[C@H](C)O1. The molecule has 24 heavy (non-hydrogen) atoms. The second-order valence-corrected chi connectivity index (χ2v) is 7.57. The maximum absolute atomic E-state index is 12.5. The van der Waals surface area contributed by atoms with Crippen LogP contribution in [-0.4, -0.2) is 60.0 Å². The van der Waals surface area contributed by atoms with Crippen molar-refractivity contribution in [2.45, 2.75) is 64.6 Å². The number of fused-ring (bicyclic) bond motifs is 1. The first-order chi connectivity index (χ1) is 11.5. The van der Waals surface area contributed by atoms with Gasteiger partial charge in [0.25, 0.3) is 0 Å². The van der Waals surface area contributed by atoms with Gasteiger partial charge in [-0.25, -0.2) is 0 Å². The molecule has 1 unspecified atom stereocenters. The highest BCUT2D eigenvalue weighted by Crippen LogP contribution is 2.32. The molecular weight excluding hydrogens is 304 g/mol. The molecule has 2 heterocycles. The Kier molecular flexibility index (Phi) is 5.59. The van der Waals surface area contributed by atoms with Crippen molar-refractivity contribution in [3.8, 4) is 0 Å². The molecule has 3 rings (SSSR count). The highest BCUT2D eigenvalue weighted by molar-refractivity contribution is 5.84. The van der Waals surface area contributed by atoms with E-state index in [9.17, 15) is 9.59 Å². The summed E-state index contributed by atoms with van der Waals surface area (Å²) in [4.78, 5) is 28.7. The summed E-state index contributed by atoms with van der Waals surface area (Å²) in [5.74, 6) is 0.903. The van der Waals surface area contributed by atoms with Crippen molar-refractivity contribution in [2.75, 3.05) is 26.2 Å². The summed E-state index contributed by atoms with van der Waals surface area (Å²) in [6.45, 7) is 6.88. The second kappa shape index (κ2) is 7.68. The summed E-state index contributed by atoms with van der Waals surface area (Å²) in [6, 6.07) is 0. The molecule has 0 bridgehead atoms. The lowest BCUT2D eigenvalue weighted by Gasteiger charge is -2.37. The molecule has 134 valence electrons. The molecule has 0 aromatic heterocycles. The molecule has 2 aliphatic heterocycles. The van der Waals surface area contributed by atoms with E-state index in [1.807, 2.05) is 23.6 Å². The number of ether oxygens (including phenoxy) is 1. The van der Waals surface area contributed by atoms with Crippen molar-refractivity contribution >= 4 is 11.8 Å². The van der Waals surface area contributed by atoms with Gasteiger partial charge in [0.1, 0.15) is 0 Å². The van der Waals surface area contributed by atoms with Gasteiger partial charge in [-0.1, -0.05) is 11.6 Å². The number of nitrogens with zero attached hydrogens (tertiary/aromatic N) is 2. The zero-order valence-corrected chi connectivity index (χ0v) is 15.0. The topological polar surface area (TPSA) is 49.9 Å². The number of hydrogen-bond donors (Lipinski definition) is 0. The summed E-state index contributed by atoms with van der Waals surface area (Å²) in [5.41, 5.74) is 1.45. The van der Waals surface area contributed by atoms with Crippen LogP contribution in [-0.2, 0) is 14.3 Å². The number of rotatable bonds is 3. The zero-order valence-electron chi connectivity index (χ0n) is 15.0. The number of amides is 2. The van der Waals surface area contributed by atoms with Gasteiger partial charge in [-0.05, 0) is 45.4 Å². The van der Waals surface area contributed by atoms with E-state index in [2.05, 4.69) is 6.08 Å². The molecule has 3 atom stereocenters. The van der Waals surface area contributed by atoms with Gasteiger partial charge < -0.3 is 14.5 Å². The van der Waals surface area contributed by atoms with Crippen molar-refractivity contribution in [1.82, 2.24) is 9.80 Å². The van der Waals surface area contributed by atoms with Gasteiger partial charge in [-0.2, -0.15) is 0 Å². The smallest absolute Gasteiger partial charge is 0.223 e. The molecule has 2 amide bonds. The lowest BCUT2D eigenvalue weighted by atomic mass is 9.82. The van der Waals surface area contributed by atoms with Crippen LogP contribution in [0.15, 0.2) is 11.6 Å². The molecule has 5 nitrogen and oxygen atoms in total. The largest absolute Gasteiger partial charge is 0.372 e. The van der Waals surface area contributed by atoms with Crippen LogP contribution in [0, 0.1) is 5.92 Å². The molecule has 0 aromatic rings. The molecule has 0 aromatic carbocycles. The third-order valence-corrected chi connectivity index (χ3v) is 5.49. The third kappa shape index (κ3) is 4.18. The van der Waals surface area contributed by atoms with Gasteiger partial charge in [0.05, 0.1) is 12.2 Å². The fourth-order valence-electron chi connectivity index (χ4n) is 4.26. The van der Waals surface area contributed by atoms with Crippen molar-refractivity contribution < 1.29 is 14.3 Å². The summed E-state index contributed by atoms with van der Waals surface area (Å²) in [6.07, 6.45) is 7.93. The standard InChI is InChI=1S/C19H30N2O3/c1-14-11-21(12-15(2)24-14)19(23)8-7-18(22)20-10-9-16-5-3-4-6-17(16)13-20/h6,14-16H,3-5,7-13H2,1-2H3/t14-,15+,16?. The first-order valence-corrected chi connectivity index (χ1v) is 9.43. The van der Waals surface area contributed by atoms with E-state index in [1.54, 1.807) is 0 Å². The first kappa shape index (κ1) is 17.5. The minimum absolute atomic E-state index is 0.0747. The van der Waals surface area contributed by atoms with Crippen LogP contribution in [0.2, 0.25) is 0 Å². The van der Waals surface area contributed by atoms with Crippen LogP contribution >= 0.6 is 0 Å². The third-order valence-electron chi connectivity index (χ3n) is 5.49. The predicted molar refractivity (Wildman–Crippen MR) is 92.4 cm³/mol. The fraction of sp³-hybridized carbons (Fsp3) is 0.789. The normalized spacial score (nSPS) is 30.6. The van der Waals surface area contributed by atoms with E-state index in [1.165, 1.54) is 18.4 Å². The summed E-state index contributed by atoms with van der Waals surface area (Å²) in [7, 11) is 0. The van der Waals surface area contributed by atoms with Crippen LogP contribution in [0.3, 0.4) is 0 Å². The minimum atomic E-state index is 0.0747. The van der Waals surface area contributed by atoms with Crippen LogP contribution < -0.4 is 0 Å². The second-order valence-electron chi connectivity index (χ2n) is 7.57. The van der Waals surface area contributed by atoms with Gasteiger partial charge in [0.2, 0.25) is 11.8 Å². The monoisotopic (exact) mass is 334 g/mol. The van der Waals surface area contributed by atoms with E-state index >= 15 is 0 Å². The van der Waals surface area contributed by atoms with Crippen molar-refractivity contribution in [1.29, 1.82) is 0 Å². The Morgan fingerprint density at radius 1 is 1.08 bits per heavy atom. The number of hydrogen-bond acceptors (Lipinski definition) is 3. The van der Waals surface area contributed by atoms with E-state index in [0.717, 1.165) is 25.9 Å². The zero-order chi connectivity index (χ0) is 17.1. The lowest BCUT2D eigenvalue weighted by molar-refractivity contribution is -0.145. The molecule has 2 fully saturated rings. The van der Waals surface area contributed by atoms with Crippen molar-refractivity contribution in [3.05, 3.63) is 11.6 Å². The Bertz CT molecular complexity index is 507.